The monoisotopic (exact) mass is 295 g/mol. The van der Waals surface area contributed by atoms with Crippen molar-refractivity contribution in [2.24, 2.45) is 4.99 Å². The molecule has 3 nitrogen and oxygen atoms in total. The Balaban J connectivity index is 0.000000960. The molecule has 0 radical (unpaired) electrons. The molecule has 0 atom stereocenters. The molecule has 2 aromatic carbocycles. The maximum atomic E-state index is 4.84. The fourth-order valence-corrected chi connectivity index (χ4v) is 2.51. The van der Waals surface area contributed by atoms with Crippen molar-refractivity contribution in [1.29, 1.82) is 0 Å². The summed E-state index contributed by atoms with van der Waals surface area (Å²) in [6.07, 6.45) is 1.78. The summed E-state index contributed by atoms with van der Waals surface area (Å²) in [5, 5.41) is 3.38. The number of fused-ring (bicyclic) bond motifs is 2. The van der Waals surface area contributed by atoms with Gasteiger partial charge in [0.15, 0.2) is 5.82 Å². The van der Waals surface area contributed by atoms with Gasteiger partial charge in [-0.3, -0.25) is 0 Å². The number of nitrogens with one attached hydrogen (secondary N) is 1. The number of hydrogen-bond acceptors (Lipinski definition) is 3. The average molecular weight is 295 g/mol. The molecule has 1 aliphatic rings. The van der Waals surface area contributed by atoms with Crippen LogP contribution in [0, 0.1) is 0 Å². The quantitative estimate of drug-likeness (QED) is 0.539. The van der Waals surface area contributed by atoms with Crippen molar-refractivity contribution in [2.45, 2.75) is 0 Å². The van der Waals surface area contributed by atoms with Gasteiger partial charge in [0, 0.05) is 23.0 Å². The second-order valence-corrected chi connectivity index (χ2v) is 4.87. The maximum absolute atomic E-state index is 4.84. The van der Waals surface area contributed by atoms with E-state index in [2.05, 4.69) is 34.6 Å². The molecule has 0 saturated carbocycles. The molecule has 4 heteroatoms. The third kappa shape index (κ3) is 2.71. The van der Waals surface area contributed by atoms with Crippen LogP contribution in [0.5, 0.6) is 0 Å². The van der Waals surface area contributed by atoms with Crippen LogP contribution in [0.2, 0.25) is 0 Å². The molecule has 2 heterocycles. The van der Waals surface area contributed by atoms with Crippen LogP contribution in [0.3, 0.4) is 0 Å². The number of pyridine rings is 1. The molecule has 22 heavy (non-hydrogen) atoms. The summed E-state index contributed by atoms with van der Waals surface area (Å²) >= 11 is 0. The summed E-state index contributed by atoms with van der Waals surface area (Å²) in [5.74, 6) is 0.788. The number of aliphatic imine (C=N–C) groups is 1. The van der Waals surface area contributed by atoms with Crippen LogP contribution >= 0.6 is 0 Å². The van der Waals surface area contributed by atoms with E-state index in [1.807, 2.05) is 42.5 Å². The van der Waals surface area contributed by atoms with E-state index in [9.17, 15) is 0 Å². The van der Waals surface area contributed by atoms with Gasteiger partial charge in [-0.05, 0) is 18.2 Å². The van der Waals surface area contributed by atoms with Crippen LogP contribution in [-0.2, 0) is 0 Å². The van der Waals surface area contributed by atoms with E-state index in [0.29, 0.717) is 0 Å². The molecule has 1 N–H and O–H groups in total. The van der Waals surface area contributed by atoms with Gasteiger partial charge in [-0.1, -0.05) is 48.5 Å². The molecule has 0 aliphatic carbocycles. The first-order valence-corrected chi connectivity index (χ1v) is 6.87. The van der Waals surface area contributed by atoms with Crippen LogP contribution in [0.1, 0.15) is 12.6 Å². The van der Waals surface area contributed by atoms with E-state index in [-0.39, 0.29) is 31.0 Å². The first kappa shape index (κ1) is 15.0. The summed E-state index contributed by atoms with van der Waals surface area (Å²) < 4.78 is 0. The standard InChI is InChI=1S/C18H13N3.Na.H/c1-2-7-13(8-3-1)17-14-9-4-5-10-15(14)21-18-16(20-17)11-6-12-19-18;;/h1-12H,(H,19,21);;/q;+1;-1. The molecule has 0 bridgehead atoms. The van der Waals surface area contributed by atoms with Crippen molar-refractivity contribution < 1.29 is 31.0 Å². The van der Waals surface area contributed by atoms with Crippen LogP contribution in [-0.4, -0.2) is 10.7 Å². The average Bonchev–Trinajstić information content (AvgIpc) is 2.72. The molecule has 0 spiro atoms. The summed E-state index contributed by atoms with van der Waals surface area (Å²) in [4.78, 5) is 9.23. The van der Waals surface area contributed by atoms with Gasteiger partial charge in [0.25, 0.3) is 0 Å². The second kappa shape index (κ2) is 6.44. The number of para-hydroxylation sites is 1. The normalized spacial score (nSPS) is 11.9. The first-order chi connectivity index (χ1) is 10.4. The number of aromatic nitrogens is 1. The topological polar surface area (TPSA) is 37.3 Å². The maximum Gasteiger partial charge on any atom is 1.00 e. The Hall–Kier alpha value is -1.94. The minimum atomic E-state index is 0. The van der Waals surface area contributed by atoms with Crippen molar-refractivity contribution in [2.75, 3.05) is 5.32 Å². The van der Waals surface area contributed by atoms with Gasteiger partial charge < -0.3 is 6.74 Å². The predicted octanol–water partition coefficient (Wildman–Crippen LogP) is 1.42. The van der Waals surface area contributed by atoms with Crippen LogP contribution in [0.25, 0.3) is 0 Å². The van der Waals surface area contributed by atoms with Gasteiger partial charge in [0.1, 0.15) is 5.69 Å². The van der Waals surface area contributed by atoms with Gasteiger partial charge in [0.2, 0.25) is 0 Å². The largest absolute Gasteiger partial charge is 1.00 e. The third-order valence-electron chi connectivity index (χ3n) is 3.50. The summed E-state index contributed by atoms with van der Waals surface area (Å²) in [7, 11) is 0. The Kier molecular flexibility index (Phi) is 4.39. The summed E-state index contributed by atoms with van der Waals surface area (Å²) in [5.41, 5.74) is 5.03. The van der Waals surface area contributed by atoms with Crippen molar-refractivity contribution in [3.05, 3.63) is 84.1 Å². The number of rotatable bonds is 1. The minimum absolute atomic E-state index is 0. The van der Waals surface area contributed by atoms with E-state index in [1.165, 1.54) is 0 Å². The zero-order valence-corrected chi connectivity index (χ0v) is 14.3. The Morgan fingerprint density at radius 1 is 0.818 bits per heavy atom. The Morgan fingerprint density at radius 3 is 2.45 bits per heavy atom. The SMILES string of the molecule is [H-].[Na+].c1ccc(C2=Nc3cccnc3Nc3ccccc32)cc1. The summed E-state index contributed by atoms with van der Waals surface area (Å²) in [6.45, 7) is 0. The van der Waals surface area contributed by atoms with Gasteiger partial charge in [-0.2, -0.15) is 0 Å². The predicted molar refractivity (Wildman–Crippen MR) is 86.8 cm³/mol. The molecule has 0 fully saturated rings. The third-order valence-corrected chi connectivity index (χ3v) is 3.50. The van der Waals surface area contributed by atoms with E-state index in [0.717, 1.165) is 34.0 Å². The number of benzene rings is 2. The van der Waals surface area contributed by atoms with Crippen LogP contribution in [0.15, 0.2) is 77.9 Å². The van der Waals surface area contributed by atoms with Crippen molar-refractivity contribution in [1.82, 2.24) is 4.98 Å². The molecular formula is C18H14N3Na. The number of hydrogen-bond donors (Lipinski definition) is 1. The van der Waals surface area contributed by atoms with Crippen molar-refractivity contribution in [3.63, 3.8) is 0 Å². The zero-order valence-electron chi connectivity index (χ0n) is 13.3. The van der Waals surface area contributed by atoms with Gasteiger partial charge in [-0.25, -0.2) is 9.98 Å². The number of anilines is 2. The fourth-order valence-electron chi connectivity index (χ4n) is 2.51. The molecule has 4 rings (SSSR count). The molecule has 0 amide bonds. The molecule has 1 aromatic heterocycles. The molecule has 1 aliphatic heterocycles. The van der Waals surface area contributed by atoms with E-state index in [4.69, 9.17) is 4.99 Å². The van der Waals surface area contributed by atoms with Gasteiger partial charge in [0.05, 0.1) is 5.71 Å². The Morgan fingerprint density at radius 2 is 1.59 bits per heavy atom. The van der Waals surface area contributed by atoms with E-state index in [1.54, 1.807) is 6.20 Å². The second-order valence-electron chi connectivity index (χ2n) is 4.87. The fraction of sp³-hybridized carbons (Fsp3) is 0. The van der Waals surface area contributed by atoms with Crippen molar-refractivity contribution >= 4 is 22.9 Å². The Labute approximate surface area is 152 Å². The molecule has 0 unspecified atom stereocenters. The van der Waals surface area contributed by atoms with Gasteiger partial charge >= 0.3 is 29.6 Å². The molecule has 3 aromatic rings. The first-order valence-electron chi connectivity index (χ1n) is 6.87. The van der Waals surface area contributed by atoms with E-state index < -0.39 is 0 Å². The molecular weight excluding hydrogens is 281 g/mol. The van der Waals surface area contributed by atoms with Crippen molar-refractivity contribution in [3.8, 4) is 0 Å². The Bertz CT molecular complexity index is 834. The summed E-state index contributed by atoms with van der Waals surface area (Å²) in [6, 6.07) is 22.3. The minimum Gasteiger partial charge on any atom is -1.00 e. The zero-order chi connectivity index (χ0) is 14.1. The van der Waals surface area contributed by atoms with Gasteiger partial charge in [-0.15, -0.1) is 0 Å². The smallest absolute Gasteiger partial charge is 1.00 e. The van der Waals surface area contributed by atoms with Crippen LogP contribution in [0.4, 0.5) is 17.2 Å². The number of nitrogens with zero attached hydrogens (tertiary/aromatic N) is 2. The van der Waals surface area contributed by atoms with Crippen LogP contribution < -0.4 is 34.9 Å². The molecule has 102 valence electrons. The van der Waals surface area contributed by atoms with E-state index >= 15 is 0 Å². The molecule has 0 saturated heterocycles.